The number of piperidine rings is 1. The minimum absolute atomic E-state index is 0.0234. The first-order chi connectivity index (χ1) is 11.4. The van der Waals surface area contributed by atoms with Crippen LogP contribution in [0.5, 0.6) is 5.75 Å². The summed E-state index contributed by atoms with van der Waals surface area (Å²) in [5, 5.41) is 20.0. The van der Waals surface area contributed by atoms with E-state index >= 15 is 0 Å². The minimum Gasteiger partial charge on any atom is -0.508 e. The summed E-state index contributed by atoms with van der Waals surface area (Å²) in [6.45, 7) is 2.06. The van der Waals surface area contributed by atoms with Crippen molar-refractivity contribution in [1.82, 2.24) is 9.80 Å². The van der Waals surface area contributed by atoms with Gasteiger partial charge < -0.3 is 25.7 Å². The molecule has 3 rings (SSSR count). The molecule has 0 saturated carbocycles. The van der Waals surface area contributed by atoms with E-state index in [-0.39, 0.29) is 23.7 Å². The van der Waals surface area contributed by atoms with Crippen LogP contribution < -0.4 is 5.73 Å². The summed E-state index contributed by atoms with van der Waals surface area (Å²) < 4.78 is 0. The molecule has 2 saturated heterocycles. The molecule has 2 aliphatic rings. The highest BCUT2D eigenvalue weighted by Crippen LogP contribution is 2.37. The molecule has 1 aromatic carbocycles. The second-order valence-electron chi connectivity index (χ2n) is 6.52. The van der Waals surface area contributed by atoms with Crippen LogP contribution in [0.15, 0.2) is 12.1 Å². The Morgan fingerprint density at radius 3 is 2.33 bits per heavy atom. The Kier molecular flexibility index (Phi) is 5.11. The van der Waals surface area contributed by atoms with Crippen molar-refractivity contribution in [2.75, 3.05) is 26.2 Å². The third kappa shape index (κ3) is 3.42. The van der Waals surface area contributed by atoms with E-state index in [4.69, 9.17) is 28.9 Å². The lowest BCUT2D eigenvalue weighted by atomic mass is 9.85. The van der Waals surface area contributed by atoms with Gasteiger partial charge in [-0.05, 0) is 24.8 Å². The number of phenols is 1. The lowest BCUT2D eigenvalue weighted by Gasteiger charge is -2.42. The largest absolute Gasteiger partial charge is 0.508 e. The molecule has 2 fully saturated rings. The van der Waals surface area contributed by atoms with Crippen LogP contribution in [0.2, 0.25) is 10.0 Å². The van der Waals surface area contributed by atoms with Gasteiger partial charge in [-0.15, -0.1) is 0 Å². The van der Waals surface area contributed by atoms with E-state index in [0.717, 1.165) is 12.8 Å². The summed E-state index contributed by atoms with van der Waals surface area (Å²) in [4.78, 5) is 15.7. The number of carbonyl (C=O) groups is 1. The zero-order valence-corrected chi connectivity index (χ0v) is 14.7. The quantitative estimate of drug-likeness (QED) is 0.741. The monoisotopic (exact) mass is 373 g/mol. The molecule has 1 aromatic rings. The van der Waals surface area contributed by atoms with E-state index < -0.39 is 6.10 Å². The number of halogens is 2. The smallest absolute Gasteiger partial charge is 0.320 e. The van der Waals surface area contributed by atoms with Crippen LogP contribution in [0.4, 0.5) is 4.79 Å². The molecule has 8 heteroatoms. The zero-order valence-electron chi connectivity index (χ0n) is 13.2. The normalized spacial score (nSPS) is 20.8. The summed E-state index contributed by atoms with van der Waals surface area (Å²) >= 11 is 11.9. The van der Waals surface area contributed by atoms with E-state index in [1.165, 1.54) is 6.07 Å². The Bertz CT molecular complexity index is 629. The number of hydrogen-bond donors (Lipinski definition) is 3. The number of hydrogen-bond acceptors (Lipinski definition) is 4. The Labute approximate surface area is 150 Å². The van der Waals surface area contributed by atoms with Gasteiger partial charge in [-0.2, -0.15) is 0 Å². The first-order valence-corrected chi connectivity index (χ1v) is 8.77. The Morgan fingerprint density at radius 1 is 1.17 bits per heavy atom. The highest BCUT2D eigenvalue weighted by molar-refractivity contribution is 6.42. The van der Waals surface area contributed by atoms with Crippen molar-refractivity contribution in [3.05, 3.63) is 27.7 Å². The summed E-state index contributed by atoms with van der Waals surface area (Å²) in [5.41, 5.74) is 6.90. The number of nitrogens with zero attached hydrogens (tertiary/aromatic N) is 2. The van der Waals surface area contributed by atoms with Crippen molar-refractivity contribution in [2.24, 2.45) is 11.7 Å². The molecule has 0 spiro atoms. The second-order valence-corrected chi connectivity index (χ2v) is 7.33. The lowest BCUT2D eigenvalue weighted by molar-refractivity contribution is 0.0114. The molecular formula is C16H21Cl2N3O3. The van der Waals surface area contributed by atoms with Gasteiger partial charge in [-0.25, -0.2) is 4.79 Å². The molecule has 6 nitrogen and oxygen atoms in total. The maximum absolute atomic E-state index is 12.2. The Hall–Kier alpha value is -1.21. The second kappa shape index (κ2) is 6.96. The van der Waals surface area contributed by atoms with Gasteiger partial charge in [-0.3, -0.25) is 0 Å². The van der Waals surface area contributed by atoms with Crippen LogP contribution >= 0.6 is 23.2 Å². The molecule has 0 radical (unpaired) electrons. The average molecular weight is 374 g/mol. The molecular weight excluding hydrogens is 353 g/mol. The van der Waals surface area contributed by atoms with E-state index in [9.17, 15) is 15.0 Å². The number of urea groups is 1. The van der Waals surface area contributed by atoms with Gasteiger partial charge >= 0.3 is 6.03 Å². The molecule has 2 aliphatic heterocycles. The number of carbonyl (C=O) groups excluding carboxylic acids is 1. The SMILES string of the molecule is NC(c1cc(Cl)c(Cl)cc1O)C1CCN(C(=O)N2CC(O)C2)CC1. The molecule has 1 unspecified atom stereocenters. The third-order valence-corrected chi connectivity index (χ3v) is 5.60. The number of benzene rings is 1. The van der Waals surface area contributed by atoms with Crippen molar-refractivity contribution in [3.8, 4) is 5.75 Å². The summed E-state index contributed by atoms with van der Waals surface area (Å²) in [6.07, 6.45) is 1.11. The van der Waals surface area contributed by atoms with E-state index in [0.29, 0.717) is 41.8 Å². The number of β-amino-alcohol motifs (C(OH)–C–C–N with tert-alkyl or cyclic N) is 1. The fourth-order valence-corrected chi connectivity index (χ4v) is 3.66. The van der Waals surface area contributed by atoms with Crippen LogP contribution in [0.1, 0.15) is 24.4 Å². The highest BCUT2D eigenvalue weighted by atomic mass is 35.5. The number of aliphatic hydroxyl groups excluding tert-OH is 1. The van der Waals surface area contributed by atoms with Crippen LogP contribution in [-0.2, 0) is 0 Å². The molecule has 24 heavy (non-hydrogen) atoms. The van der Waals surface area contributed by atoms with Gasteiger partial charge in [0.1, 0.15) is 5.75 Å². The van der Waals surface area contributed by atoms with Gasteiger partial charge in [0.05, 0.1) is 29.2 Å². The number of nitrogens with two attached hydrogens (primary N) is 1. The van der Waals surface area contributed by atoms with Crippen LogP contribution in [0.25, 0.3) is 0 Å². The molecule has 2 heterocycles. The van der Waals surface area contributed by atoms with Crippen molar-refractivity contribution in [2.45, 2.75) is 25.0 Å². The van der Waals surface area contributed by atoms with Crippen LogP contribution in [-0.4, -0.2) is 58.3 Å². The van der Waals surface area contributed by atoms with Crippen molar-refractivity contribution in [1.29, 1.82) is 0 Å². The van der Waals surface area contributed by atoms with E-state index in [1.54, 1.807) is 15.9 Å². The number of rotatable bonds is 2. The summed E-state index contributed by atoms with van der Waals surface area (Å²) in [5.74, 6) is 0.198. The zero-order chi connectivity index (χ0) is 17.4. The third-order valence-electron chi connectivity index (χ3n) is 4.88. The maximum Gasteiger partial charge on any atom is 0.320 e. The average Bonchev–Trinajstić information content (AvgIpc) is 2.54. The predicted octanol–water partition coefficient (Wildman–Crippen LogP) is 2.21. The molecule has 0 aliphatic carbocycles. The molecule has 4 N–H and O–H groups in total. The minimum atomic E-state index is -0.391. The highest BCUT2D eigenvalue weighted by Gasteiger charge is 2.35. The molecule has 0 bridgehead atoms. The number of aromatic hydroxyl groups is 1. The van der Waals surface area contributed by atoms with Gasteiger partial charge in [0, 0.05) is 30.8 Å². The van der Waals surface area contributed by atoms with E-state index in [1.807, 2.05) is 0 Å². The topological polar surface area (TPSA) is 90.0 Å². The molecule has 132 valence electrons. The van der Waals surface area contributed by atoms with Gasteiger partial charge in [0.25, 0.3) is 0 Å². The number of likely N-dealkylation sites (tertiary alicyclic amines) is 2. The molecule has 1 atom stereocenters. The van der Waals surface area contributed by atoms with E-state index in [2.05, 4.69) is 0 Å². The summed E-state index contributed by atoms with van der Waals surface area (Å²) in [6, 6.07) is 2.64. The number of phenolic OH excluding ortho intramolecular Hbond substituents is 1. The van der Waals surface area contributed by atoms with Crippen molar-refractivity contribution < 1.29 is 15.0 Å². The van der Waals surface area contributed by atoms with Crippen molar-refractivity contribution in [3.63, 3.8) is 0 Å². The van der Waals surface area contributed by atoms with Gasteiger partial charge in [-0.1, -0.05) is 23.2 Å². The summed E-state index contributed by atoms with van der Waals surface area (Å²) in [7, 11) is 0. The molecule has 2 amide bonds. The first-order valence-electron chi connectivity index (χ1n) is 8.02. The van der Waals surface area contributed by atoms with Gasteiger partial charge in [0.15, 0.2) is 0 Å². The Morgan fingerprint density at radius 2 is 1.75 bits per heavy atom. The lowest BCUT2D eigenvalue weighted by Crippen LogP contribution is -2.58. The molecule has 0 aromatic heterocycles. The number of aliphatic hydroxyl groups is 1. The van der Waals surface area contributed by atoms with Crippen LogP contribution in [0.3, 0.4) is 0 Å². The first kappa shape index (κ1) is 17.6. The fourth-order valence-electron chi connectivity index (χ4n) is 3.33. The van der Waals surface area contributed by atoms with Crippen molar-refractivity contribution >= 4 is 29.2 Å². The fraction of sp³-hybridized carbons (Fsp3) is 0.562. The Balaban J connectivity index is 1.60. The standard InChI is InChI=1S/C16H21Cl2N3O3/c17-12-5-11(14(23)6-13(12)18)15(19)9-1-3-20(4-2-9)16(24)21-7-10(22)8-21/h5-6,9-10,15,22-23H,1-4,7-8,19H2. The van der Waals surface area contributed by atoms with Crippen LogP contribution in [0, 0.1) is 5.92 Å². The maximum atomic E-state index is 12.2. The number of amides is 2. The predicted molar refractivity (Wildman–Crippen MR) is 92.3 cm³/mol. The van der Waals surface area contributed by atoms with Gasteiger partial charge in [0.2, 0.25) is 0 Å².